The van der Waals surface area contributed by atoms with E-state index >= 15 is 0 Å². The molecule has 4 heteroatoms. The molecule has 1 atom stereocenters. The maximum atomic E-state index is 11.1. The molecule has 10 heavy (non-hydrogen) atoms. The van der Waals surface area contributed by atoms with Crippen LogP contribution in [0.4, 0.5) is 0 Å². The quantitative estimate of drug-likeness (QED) is 0.652. The zero-order valence-corrected chi connectivity index (χ0v) is 7.11. The van der Waals surface area contributed by atoms with Gasteiger partial charge in [0.2, 0.25) is 10.0 Å². The highest BCUT2D eigenvalue weighted by Gasteiger charge is 2.35. The fraction of sp³-hybridized carbons (Fsp3) is 1.00. The predicted octanol–water partition coefficient (Wildman–Crippen LogP) is 0.334. The molecule has 1 N–H and O–H groups in total. The molecule has 0 radical (unpaired) electrons. The zero-order chi connectivity index (χ0) is 7.78. The summed E-state index contributed by atoms with van der Waals surface area (Å²) in [5, 5.41) is -0.197. The molecule has 60 valence electrons. The lowest BCUT2D eigenvalue weighted by Crippen LogP contribution is -2.30. The third-order valence-corrected chi connectivity index (χ3v) is 3.99. The standard InChI is InChI=1S/C6H13NO2S/c1-5(6-3-4-6)10(8,9)7-2/h5-7H,3-4H2,1-2H3. The van der Waals surface area contributed by atoms with E-state index in [4.69, 9.17) is 0 Å². The molecule has 3 nitrogen and oxygen atoms in total. The van der Waals surface area contributed by atoms with Crippen molar-refractivity contribution < 1.29 is 8.42 Å². The van der Waals surface area contributed by atoms with Crippen LogP contribution in [0, 0.1) is 5.92 Å². The van der Waals surface area contributed by atoms with E-state index in [9.17, 15) is 8.42 Å². The molecule has 1 rings (SSSR count). The van der Waals surface area contributed by atoms with Crippen LogP contribution in [0.25, 0.3) is 0 Å². The van der Waals surface area contributed by atoms with Crippen LogP contribution in [-0.2, 0) is 10.0 Å². The molecule has 0 spiro atoms. The normalized spacial score (nSPS) is 22.6. The zero-order valence-electron chi connectivity index (χ0n) is 6.29. The molecule has 1 aliphatic rings. The summed E-state index contributed by atoms with van der Waals surface area (Å²) in [4.78, 5) is 0. The van der Waals surface area contributed by atoms with Gasteiger partial charge in [-0.15, -0.1) is 0 Å². The van der Waals surface area contributed by atoms with Crippen LogP contribution >= 0.6 is 0 Å². The summed E-state index contributed by atoms with van der Waals surface area (Å²) in [7, 11) is -1.52. The van der Waals surface area contributed by atoms with E-state index in [0.717, 1.165) is 12.8 Å². The van der Waals surface area contributed by atoms with Crippen molar-refractivity contribution in [2.75, 3.05) is 7.05 Å². The molecule has 0 aromatic heterocycles. The summed E-state index contributed by atoms with van der Waals surface area (Å²) in [6.45, 7) is 1.77. The number of hydrogen-bond donors (Lipinski definition) is 1. The Morgan fingerprint density at radius 1 is 1.50 bits per heavy atom. The van der Waals surface area contributed by atoms with Crippen molar-refractivity contribution in [1.82, 2.24) is 4.72 Å². The van der Waals surface area contributed by atoms with E-state index in [1.807, 2.05) is 0 Å². The van der Waals surface area contributed by atoms with Crippen LogP contribution in [-0.4, -0.2) is 20.7 Å². The SMILES string of the molecule is CNS(=O)(=O)C(C)C1CC1. The Morgan fingerprint density at radius 2 is 2.00 bits per heavy atom. The largest absolute Gasteiger partial charge is 0.218 e. The molecule has 0 aromatic carbocycles. The van der Waals surface area contributed by atoms with Crippen LogP contribution in [0.2, 0.25) is 0 Å². The highest BCUT2D eigenvalue weighted by molar-refractivity contribution is 7.90. The number of hydrogen-bond acceptors (Lipinski definition) is 2. The van der Waals surface area contributed by atoms with E-state index in [1.165, 1.54) is 7.05 Å². The Hall–Kier alpha value is -0.0900. The maximum Gasteiger partial charge on any atom is 0.214 e. The van der Waals surface area contributed by atoms with Gasteiger partial charge in [-0.2, -0.15) is 0 Å². The minimum Gasteiger partial charge on any atom is -0.218 e. The van der Waals surface area contributed by atoms with Crippen LogP contribution in [0.1, 0.15) is 19.8 Å². The summed E-state index contributed by atoms with van der Waals surface area (Å²) < 4.78 is 24.5. The van der Waals surface area contributed by atoms with Crippen molar-refractivity contribution >= 4 is 10.0 Å². The first-order chi connectivity index (χ1) is 4.58. The minimum absolute atomic E-state index is 0.197. The van der Waals surface area contributed by atoms with Gasteiger partial charge in [-0.05, 0) is 32.7 Å². The molecule has 0 aliphatic heterocycles. The Morgan fingerprint density at radius 3 is 2.30 bits per heavy atom. The molecular weight excluding hydrogens is 150 g/mol. The lowest BCUT2D eigenvalue weighted by molar-refractivity contribution is 0.566. The lowest BCUT2D eigenvalue weighted by Gasteiger charge is -2.08. The monoisotopic (exact) mass is 163 g/mol. The Balaban J connectivity index is 2.62. The van der Waals surface area contributed by atoms with Gasteiger partial charge in [0, 0.05) is 0 Å². The second-order valence-electron chi connectivity index (χ2n) is 2.79. The van der Waals surface area contributed by atoms with Gasteiger partial charge in [-0.25, -0.2) is 13.1 Å². The van der Waals surface area contributed by atoms with E-state index in [1.54, 1.807) is 6.92 Å². The minimum atomic E-state index is -2.98. The Bertz CT molecular complexity index is 206. The highest BCUT2D eigenvalue weighted by Crippen LogP contribution is 2.35. The second-order valence-corrected chi connectivity index (χ2v) is 5.03. The molecule has 0 saturated heterocycles. The van der Waals surface area contributed by atoms with Gasteiger partial charge in [0.1, 0.15) is 0 Å². The maximum absolute atomic E-state index is 11.1. The number of sulfonamides is 1. The van der Waals surface area contributed by atoms with Gasteiger partial charge in [0.25, 0.3) is 0 Å². The lowest BCUT2D eigenvalue weighted by atomic mass is 10.3. The third kappa shape index (κ3) is 1.49. The van der Waals surface area contributed by atoms with Crippen molar-refractivity contribution in [3.05, 3.63) is 0 Å². The Kier molecular flexibility index (Phi) is 2.01. The van der Waals surface area contributed by atoms with E-state index in [0.29, 0.717) is 5.92 Å². The topological polar surface area (TPSA) is 46.2 Å². The van der Waals surface area contributed by atoms with Crippen LogP contribution in [0.5, 0.6) is 0 Å². The molecule has 0 bridgehead atoms. The van der Waals surface area contributed by atoms with Gasteiger partial charge >= 0.3 is 0 Å². The van der Waals surface area contributed by atoms with E-state index in [2.05, 4.69) is 4.72 Å². The van der Waals surface area contributed by atoms with E-state index in [-0.39, 0.29) is 5.25 Å². The summed E-state index contributed by atoms with van der Waals surface area (Å²) in [5.41, 5.74) is 0. The van der Waals surface area contributed by atoms with Crippen molar-refractivity contribution in [3.8, 4) is 0 Å². The summed E-state index contributed by atoms with van der Waals surface area (Å²) in [6, 6.07) is 0. The van der Waals surface area contributed by atoms with Gasteiger partial charge in [-0.1, -0.05) is 0 Å². The molecular formula is C6H13NO2S. The van der Waals surface area contributed by atoms with Gasteiger partial charge < -0.3 is 0 Å². The van der Waals surface area contributed by atoms with Gasteiger partial charge in [0.05, 0.1) is 5.25 Å². The summed E-state index contributed by atoms with van der Waals surface area (Å²) >= 11 is 0. The first-order valence-electron chi connectivity index (χ1n) is 3.50. The molecule has 1 aliphatic carbocycles. The third-order valence-electron chi connectivity index (χ3n) is 2.06. The molecule has 0 aromatic rings. The second kappa shape index (κ2) is 2.51. The average molecular weight is 163 g/mol. The molecule has 0 amide bonds. The summed E-state index contributed by atoms with van der Waals surface area (Å²) in [5.74, 6) is 0.414. The first-order valence-corrected chi connectivity index (χ1v) is 5.05. The summed E-state index contributed by atoms with van der Waals surface area (Å²) in [6.07, 6.45) is 2.14. The van der Waals surface area contributed by atoms with Crippen LogP contribution < -0.4 is 4.72 Å². The smallest absolute Gasteiger partial charge is 0.214 e. The molecule has 1 fully saturated rings. The van der Waals surface area contributed by atoms with Crippen LogP contribution in [0.3, 0.4) is 0 Å². The Labute approximate surface area is 61.9 Å². The van der Waals surface area contributed by atoms with E-state index < -0.39 is 10.0 Å². The fourth-order valence-electron chi connectivity index (χ4n) is 1.00. The number of nitrogens with one attached hydrogen (secondary N) is 1. The van der Waals surface area contributed by atoms with Gasteiger partial charge in [-0.3, -0.25) is 0 Å². The molecule has 1 unspecified atom stereocenters. The van der Waals surface area contributed by atoms with Crippen molar-refractivity contribution in [1.29, 1.82) is 0 Å². The highest BCUT2D eigenvalue weighted by atomic mass is 32.2. The van der Waals surface area contributed by atoms with Gasteiger partial charge in [0.15, 0.2) is 0 Å². The van der Waals surface area contributed by atoms with Crippen molar-refractivity contribution in [2.45, 2.75) is 25.0 Å². The van der Waals surface area contributed by atoms with Crippen LogP contribution in [0.15, 0.2) is 0 Å². The van der Waals surface area contributed by atoms with Crippen molar-refractivity contribution in [3.63, 3.8) is 0 Å². The van der Waals surface area contributed by atoms with Crippen molar-refractivity contribution in [2.24, 2.45) is 5.92 Å². The number of rotatable bonds is 3. The predicted molar refractivity (Wildman–Crippen MR) is 40.2 cm³/mol. The first kappa shape index (κ1) is 8.01. The fourth-order valence-corrected chi connectivity index (χ4v) is 2.16. The molecule has 1 saturated carbocycles. The average Bonchev–Trinajstić information content (AvgIpc) is 2.68. The molecule has 0 heterocycles.